The molecule has 0 fully saturated rings. The molecule has 0 atom stereocenters. The van der Waals surface area contributed by atoms with Crippen LogP contribution in [-0.2, 0) is 26.6 Å². The number of fused-ring (bicyclic) bond motifs is 3. The topological polar surface area (TPSA) is 66.9 Å². The van der Waals surface area contributed by atoms with Crippen LogP contribution in [0.4, 0.5) is 11.6 Å². The molecule has 0 radical (unpaired) electrons. The Labute approximate surface area is 176 Å². The highest BCUT2D eigenvalue weighted by Gasteiger charge is 2.33. The lowest BCUT2D eigenvalue weighted by Gasteiger charge is -2.22. The summed E-state index contributed by atoms with van der Waals surface area (Å²) in [5, 5.41) is 0. The molecule has 7 nitrogen and oxygen atoms in total. The summed E-state index contributed by atoms with van der Waals surface area (Å²) in [5.74, 6) is 0.872. The van der Waals surface area contributed by atoms with Crippen LogP contribution in [0.2, 0.25) is 0 Å². The van der Waals surface area contributed by atoms with Crippen molar-refractivity contribution < 1.29 is 4.57 Å². The van der Waals surface area contributed by atoms with Gasteiger partial charge in [0.25, 0.3) is 5.56 Å². The normalized spacial score (nSPS) is 13.8. The smallest absolute Gasteiger partial charge is 0.267 e. The van der Waals surface area contributed by atoms with Crippen molar-refractivity contribution in [2.75, 3.05) is 11.4 Å². The van der Waals surface area contributed by atoms with Crippen molar-refractivity contribution in [3.05, 3.63) is 50.7 Å². The Hall–Kier alpha value is -2.83. The molecule has 1 aliphatic rings. The van der Waals surface area contributed by atoms with Gasteiger partial charge in [0.15, 0.2) is 0 Å². The third-order valence-corrected chi connectivity index (χ3v) is 6.19. The quantitative estimate of drug-likeness (QED) is 0.481. The summed E-state index contributed by atoms with van der Waals surface area (Å²) in [5.41, 5.74) is 3.16. The third-order valence-electron chi connectivity index (χ3n) is 6.19. The van der Waals surface area contributed by atoms with Crippen molar-refractivity contribution in [2.45, 2.75) is 65.5 Å². The van der Waals surface area contributed by atoms with Crippen LogP contribution in [0.25, 0.3) is 11.2 Å². The van der Waals surface area contributed by atoms with Gasteiger partial charge in [-0.15, -0.1) is 0 Å². The Bertz CT molecular complexity index is 1150. The molecule has 2 aromatic heterocycles. The van der Waals surface area contributed by atoms with Crippen LogP contribution in [0.3, 0.4) is 0 Å². The lowest BCUT2D eigenvalue weighted by molar-refractivity contribution is -0.663. The Morgan fingerprint density at radius 1 is 1.07 bits per heavy atom. The summed E-state index contributed by atoms with van der Waals surface area (Å²) in [4.78, 5) is 31.8. The summed E-state index contributed by atoms with van der Waals surface area (Å²) in [6.45, 7) is 6.42. The third kappa shape index (κ3) is 3.46. The predicted molar refractivity (Wildman–Crippen MR) is 120 cm³/mol. The standard InChI is InChI=1S/C23H31N5O2/c1-4-6-7-8-14-28-21(29)19-20(25(3)23(28)30)24-22-26(15-9-16-27(19)22)18-12-10-17(5-2)11-13-18/h10-13H,4-9,14-16H2,1-3H3/p+1. The number of aromatic nitrogens is 4. The highest BCUT2D eigenvalue weighted by molar-refractivity contribution is 5.70. The molecule has 3 aromatic rings. The van der Waals surface area contributed by atoms with E-state index in [2.05, 4.69) is 52.6 Å². The summed E-state index contributed by atoms with van der Waals surface area (Å²) >= 11 is 0. The fourth-order valence-electron chi connectivity index (χ4n) is 4.40. The lowest BCUT2D eigenvalue weighted by atomic mass is 10.1. The molecule has 0 amide bonds. The number of aryl methyl sites for hydroxylation is 3. The molecule has 160 valence electrons. The van der Waals surface area contributed by atoms with Gasteiger partial charge in [0, 0.05) is 20.0 Å². The number of benzene rings is 1. The van der Waals surface area contributed by atoms with Crippen LogP contribution in [0.5, 0.6) is 0 Å². The molecule has 1 aliphatic heterocycles. The van der Waals surface area contributed by atoms with Crippen LogP contribution >= 0.6 is 0 Å². The van der Waals surface area contributed by atoms with Gasteiger partial charge in [0.05, 0.1) is 13.1 Å². The van der Waals surface area contributed by atoms with Gasteiger partial charge in [-0.05, 0) is 30.5 Å². The lowest BCUT2D eigenvalue weighted by Crippen LogP contribution is -2.49. The molecule has 0 spiro atoms. The number of imidazole rings is 1. The Morgan fingerprint density at radius 2 is 1.83 bits per heavy atom. The molecule has 0 aliphatic carbocycles. The van der Waals surface area contributed by atoms with Gasteiger partial charge in [-0.2, -0.15) is 0 Å². The first-order chi connectivity index (χ1) is 14.6. The van der Waals surface area contributed by atoms with Crippen LogP contribution in [0, 0.1) is 0 Å². The minimum Gasteiger partial charge on any atom is -0.267 e. The minimum absolute atomic E-state index is 0.185. The van der Waals surface area contributed by atoms with Crippen LogP contribution in [0.15, 0.2) is 33.9 Å². The van der Waals surface area contributed by atoms with E-state index in [1.807, 2.05) is 0 Å². The molecule has 7 heteroatoms. The largest absolute Gasteiger partial charge is 0.364 e. The summed E-state index contributed by atoms with van der Waals surface area (Å²) in [7, 11) is 1.75. The number of nitrogens with one attached hydrogen (secondary N) is 1. The minimum atomic E-state index is -0.248. The maximum atomic E-state index is 13.3. The summed E-state index contributed by atoms with van der Waals surface area (Å²) in [6, 6.07) is 8.56. The average Bonchev–Trinajstić information content (AvgIpc) is 3.17. The van der Waals surface area contributed by atoms with Crippen molar-refractivity contribution in [3.63, 3.8) is 0 Å². The van der Waals surface area contributed by atoms with Crippen molar-refractivity contribution in [2.24, 2.45) is 7.05 Å². The van der Waals surface area contributed by atoms with E-state index in [0.29, 0.717) is 17.7 Å². The first-order valence-corrected chi connectivity index (χ1v) is 11.2. The first kappa shape index (κ1) is 20.4. The van der Waals surface area contributed by atoms with Gasteiger partial charge in [-0.25, -0.2) is 19.2 Å². The van der Waals surface area contributed by atoms with Gasteiger partial charge >= 0.3 is 11.6 Å². The van der Waals surface area contributed by atoms with Crippen molar-refractivity contribution in [1.82, 2.24) is 14.1 Å². The van der Waals surface area contributed by atoms with E-state index in [0.717, 1.165) is 63.3 Å². The Kier molecular flexibility index (Phi) is 5.79. The number of anilines is 2. The van der Waals surface area contributed by atoms with Gasteiger partial charge in [-0.3, -0.25) is 13.9 Å². The van der Waals surface area contributed by atoms with Gasteiger partial charge in [0.2, 0.25) is 11.2 Å². The molecule has 30 heavy (non-hydrogen) atoms. The number of nitrogens with zero attached hydrogens (tertiary/aromatic N) is 4. The van der Waals surface area contributed by atoms with Crippen LogP contribution in [0.1, 0.15) is 51.5 Å². The zero-order chi connectivity index (χ0) is 21.3. The molecular formula is C23H32N5O2+. The molecule has 4 rings (SSSR count). The van der Waals surface area contributed by atoms with E-state index in [1.165, 1.54) is 10.1 Å². The number of aromatic amines is 1. The second kappa shape index (κ2) is 8.50. The molecule has 1 aromatic carbocycles. The number of hydrogen-bond donors (Lipinski definition) is 1. The molecular weight excluding hydrogens is 378 g/mol. The predicted octanol–water partition coefficient (Wildman–Crippen LogP) is 3.00. The number of hydrogen-bond acceptors (Lipinski definition) is 3. The van der Waals surface area contributed by atoms with E-state index in [9.17, 15) is 9.59 Å². The van der Waals surface area contributed by atoms with E-state index < -0.39 is 0 Å². The average molecular weight is 411 g/mol. The zero-order valence-electron chi connectivity index (χ0n) is 18.3. The summed E-state index contributed by atoms with van der Waals surface area (Å²) < 4.78 is 5.05. The highest BCUT2D eigenvalue weighted by Crippen LogP contribution is 2.26. The van der Waals surface area contributed by atoms with Crippen molar-refractivity contribution >= 4 is 22.8 Å². The van der Waals surface area contributed by atoms with Gasteiger partial charge in [-0.1, -0.05) is 45.2 Å². The molecule has 0 saturated carbocycles. The fourth-order valence-corrected chi connectivity index (χ4v) is 4.40. The number of unbranched alkanes of at least 4 members (excludes halogenated alkanes) is 3. The van der Waals surface area contributed by atoms with Gasteiger partial charge < -0.3 is 0 Å². The second-order valence-corrected chi connectivity index (χ2v) is 8.18. The SMILES string of the molecule is CCCCCCn1c(=O)c2c([nH]c3[n+]2CCCN3c2ccc(CC)cc2)n(C)c1=O. The van der Waals surface area contributed by atoms with Gasteiger partial charge in [0.1, 0.15) is 5.69 Å². The second-order valence-electron chi connectivity index (χ2n) is 8.18. The molecule has 0 saturated heterocycles. The first-order valence-electron chi connectivity index (χ1n) is 11.2. The van der Waals surface area contributed by atoms with E-state index in [-0.39, 0.29) is 11.2 Å². The molecule has 3 heterocycles. The fraction of sp³-hybridized carbons (Fsp3) is 0.522. The highest BCUT2D eigenvalue weighted by atomic mass is 16.2. The maximum Gasteiger partial charge on any atom is 0.364 e. The van der Waals surface area contributed by atoms with E-state index >= 15 is 0 Å². The van der Waals surface area contributed by atoms with E-state index in [4.69, 9.17) is 0 Å². The van der Waals surface area contributed by atoms with Crippen molar-refractivity contribution in [3.8, 4) is 0 Å². The van der Waals surface area contributed by atoms with Crippen LogP contribution in [-0.4, -0.2) is 20.7 Å². The molecule has 1 N–H and O–H groups in total. The zero-order valence-corrected chi connectivity index (χ0v) is 18.3. The van der Waals surface area contributed by atoms with Crippen molar-refractivity contribution in [1.29, 1.82) is 0 Å². The molecule has 0 bridgehead atoms. The maximum absolute atomic E-state index is 13.3. The van der Waals surface area contributed by atoms with Crippen LogP contribution < -0.4 is 20.7 Å². The number of H-pyrrole nitrogens is 1. The van der Waals surface area contributed by atoms with E-state index in [1.54, 1.807) is 11.6 Å². The monoisotopic (exact) mass is 410 g/mol. The number of rotatable bonds is 7. The molecule has 0 unspecified atom stereocenters. The Morgan fingerprint density at radius 3 is 2.53 bits per heavy atom. The summed E-state index contributed by atoms with van der Waals surface area (Å²) in [6.07, 6.45) is 6.08. The Balaban J connectivity index is 1.80.